The summed E-state index contributed by atoms with van der Waals surface area (Å²) in [5.74, 6) is 0.528. The predicted molar refractivity (Wildman–Crippen MR) is 88.7 cm³/mol. The van der Waals surface area contributed by atoms with E-state index in [0.717, 1.165) is 25.7 Å². The van der Waals surface area contributed by atoms with Gasteiger partial charge < -0.3 is 10.4 Å². The van der Waals surface area contributed by atoms with E-state index in [0.29, 0.717) is 17.8 Å². The van der Waals surface area contributed by atoms with E-state index in [9.17, 15) is 4.79 Å². The van der Waals surface area contributed by atoms with Crippen LogP contribution < -0.4 is 5.32 Å². The van der Waals surface area contributed by atoms with Crippen LogP contribution in [0.3, 0.4) is 0 Å². The molecule has 1 fully saturated rings. The molecule has 0 aliphatic carbocycles. The van der Waals surface area contributed by atoms with Crippen LogP contribution in [0.1, 0.15) is 44.1 Å². The molecule has 0 spiro atoms. The Balaban J connectivity index is 1.55. The Kier molecular flexibility index (Phi) is 7.10. The number of hydrogen-bond acceptors (Lipinski definition) is 3. The number of benzene rings is 1. The molecule has 116 valence electrons. The fourth-order valence-corrected chi connectivity index (χ4v) is 4.05. The molecule has 0 saturated carbocycles. The molecule has 1 aliphatic rings. The summed E-state index contributed by atoms with van der Waals surface area (Å²) in [6.45, 7) is 0. The number of aliphatic carboxylic acids is 1. The number of rotatable bonds is 9. The van der Waals surface area contributed by atoms with Crippen LogP contribution in [-0.4, -0.2) is 28.2 Å². The summed E-state index contributed by atoms with van der Waals surface area (Å²) in [7, 11) is 0. The van der Waals surface area contributed by atoms with E-state index in [1.807, 2.05) is 11.8 Å². The molecule has 1 aromatic rings. The molecule has 4 heteroatoms. The third kappa shape index (κ3) is 6.53. The number of hydrogen-bond donors (Lipinski definition) is 2. The number of carbonyl (C=O) groups is 1. The lowest BCUT2D eigenvalue weighted by molar-refractivity contribution is -0.137. The topological polar surface area (TPSA) is 49.3 Å². The molecule has 0 amide bonds. The van der Waals surface area contributed by atoms with Crippen molar-refractivity contribution in [3.8, 4) is 0 Å². The van der Waals surface area contributed by atoms with Gasteiger partial charge in [-0.3, -0.25) is 4.79 Å². The SMILES string of the molecule is O=C(O)CCCCCCC1CSC(Cc2ccccc2)N1. The Hall–Kier alpha value is -1.00. The highest BCUT2D eigenvalue weighted by Crippen LogP contribution is 2.24. The molecule has 0 radical (unpaired) electrons. The van der Waals surface area contributed by atoms with Crippen molar-refractivity contribution in [2.24, 2.45) is 0 Å². The van der Waals surface area contributed by atoms with Crippen LogP contribution in [0, 0.1) is 0 Å². The lowest BCUT2D eigenvalue weighted by atomic mass is 10.1. The highest BCUT2D eigenvalue weighted by atomic mass is 32.2. The molecule has 21 heavy (non-hydrogen) atoms. The zero-order chi connectivity index (χ0) is 14.9. The van der Waals surface area contributed by atoms with Gasteiger partial charge in [0.25, 0.3) is 0 Å². The normalized spacial score (nSPS) is 21.5. The van der Waals surface area contributed by atoms with Crippen molar-refractivity contribution in [3.05, 3.63) is 35.9 Å². The first-order chi connectivity index (χ1) is 10.2. The Morgan fingerprint density at radius 1 is 1.19 bits per heavy atom. The van der Waals surface area contributed by atoms with E-state index in [-0.39, 0.29) is 0 Å². The monoisotopic (exact) mass is 307 g/mol. The van der Waals surface area contributed by atoms with Crippen molar-refractivity contribution < 1.29 is 9.90 Å². The van der Waals surface area contributed by atoms with Crippen LogP contribution in [0.5, 0.6) is 0 Å². The van der Waals surface area contributed by atoms with E-state index in [2.05, 4.69) is 35.6 Å². The Labute approximate surface area is 131 Å². The molecule has 1 aromatic carbocycles. The summed E-state index contributed by atoms with van der Waals surface area (Å²) in [6, 6.07) is 11.3. The Morgan fingerprint density at radius 2 is 1.95 bits per heavy atom. The second-order valence-corrected chi connectivity index (χ2v) is 6.96. The van der Waals surface area contributed by atoms with Gasteiger partial charge in [-0.2, -0.15) is 0 Å². The molecule has 1 saturated heterocycles. The molecule has 0 aromatic heterocycles. The lowest BCUT2D eigenvalue weighted by Gasteiger charge is -2.13. The van der Waals surface area contributed by atoms with E-state index in [1.165, 1.54) is 24.2 Å². The number of carboxylic acids is 1. The van der Waals surface area contributed by atoms with Gasteiger partial charge in [0, 0.05) is 18.2 Å². The molecule has 2 atom stereocenters. The van der Waals surface area contributed by atoms with Gasteiger partial charge in [0.2, 0.25) is 0 Å². The summed E-state index contributed by atoms with van der Waals surface area (Å²) < 4.78 is 0. The minimum absolute atomic E-state index is 0.316. The fraction of sp³-hybridized carbons (Fsp3) is 0.588. The first-order valence-corrected chi connectivity index (χ1v) is 8.92. The zero-order valence-corrected chi connectivity index (χ0v) is 13.3. The molecule has 2 rings (SSSR count). The molecule has 3 nitrogen and oxygen atoms in total. The molecule has 0 bridgehead atoms. The van der Waals surface area contributed by atoms with Crippen LogP contribution in [0.25, 0.3) is 0 Å². The third-order valence-corrected chi connectivity index (χ3v) is 5.18. The molecule has 2 N–H and O–H groups in total. The van der Waals surface area contributed by atoms with Gasteiger partial charge in [-0.15, -0.1) is 11.8 Å². The van der Waals surface area contributed by atoms with Gasteiger partial charge in [0.1, 0.15) is 0 Å². The second kappa shape index (κ2) is 9.11. The van der Waals surface area contributed by atoms with E-state index >= 15 is 0 Å². The Morgan fingerprint density at radius 3 is 2.71 bits per heavy atom. The maximum Gasteiger partial charge on any atom is 0.303 e. The number of thioether (sulfide) groups is 1. The average molecular weight is 307 g/mol. The van der Waals surface area contributed by atoms with Gasteiger partial charge in [0.05, 0.1) is 5.37 Å². The smallest absolute Gasteiger partial charge is 0.303 e. The van der Waals surface area contributed by atoms with Crippen LogP contribution >= 0.6 is 11.8 Å². The third-order valence-electron chi connectivity index (χ3n) is 3.88. The summed E-state index contributed by atoms with van der Waals surface area (Å²) in [5.41, 5.74) is 1.40. The van der Waals surface area contributed by atoms with Gasteiger partial charge in [-0.05, 0) is 24.8 Å². The van der Waals surface area contributed by atoms with E-state index < -0.39 is 5.97 Å². The Bertz CT molecular complexity index is 424. The number of carboxylic acid groups (broad SMARTS) is 1. The van der Waals surface area contributed by atoms with Crippen LogP contribution in [0.15, 0.2) is 30.3 Å². The predicted octanol–water partition coefficient (Wildman–Crippen LogP) is 3.69. The minimum atomic E-state index is -0.674. The van der Waals surface area contributed by atoms with Gasteiger partial charge in [-0.25, -0.2) is 0 Å². The fourth-order valence-electron chi connectivity index (χ4n) is 2.72. The van der Waals surface area contributed by atoms with E-state index in [4.69, 9.17) is 5.11 Å². The van der Waals surface area contributed by atoms with Crippen LogP contribution in [0.2, 0.25) is 0 Å². The summed E-state index contributed by atoms with van der Waals surface area (Å²) in [4.78, 5) is 10.4. The average Bonchev–Trinajstić information content (AvgIpc) is 2.91. The maximum absolute atomic E-state index is 10.4. The summed E-state index contributed by atoms with van der Waals surface area (Å²) >= 11 is 2.03. The highest BCUT2D eigenvalue weighted by Gasteiger charge is 2.23. The first-order valence-electron chi connectivity index (χ1n) is 7.87. The molecular formula is C17H25NO2S. The number of unbranched alkanes of at least 4 members (excludes halogenated alkanes) is 3. The van der Waals surface area contributed by atoms with Crippen molar-refractivity contribution in [1.29, 1.82) is 0 Å². The van der Waals surface area contributed by atoms with Gasteiger partial charge in [0.15, 0.2) is 0 Å². The zero-order valence-electron chi connectivity index (χ0n) is 12.5. The van der Waals surface area contributed by atoms with Crippen LogP contribution in [-0.2, 0) is 11.2 Å². The summed E-state index contributed by atoms with van der Waals surface area (Å²) in [6.07, 6.45) is 6.84. The largest absolute Gasteiger partial charge is 0.481 e. The maximum atomic E-state index is 10.4. The van der Waals surface area contributed by atoms with Gasteiger partial charge >= 0.3 is 5.97 Å². The molecule has 1 aliphatic heterocycles. The van der Waals surface area contributed by atoms with Crippen molar-refractivity contribution in [1.82, 2.24) is 5.32 Å². The van der Waals surface area contributed by atoms with Crippen molar-refractivity contribution >= 4 is 17.7 Å². The molecule has 1 heterocycles. The van der Waals surface area contributed by atoms with Gasteiger partial charge in [-0.1, -0.05) is 49.6 Å². The second-order valence-electron chi connectivity index (χ2n) is 5.72. The minimum Gasteiger partial charge on any atom is -0.481 e. The summed E-state index contributed by atoms with van der Waals surface area (Å²) in [5, 5.41) is 12.8. The highest BCUT2D eigenvalue weighted by molar-refractivity contribution is 8.00. The molecular weight excluding hydrogens is 282 g/mol. The quantitative estimate of drug-likeness (QED) is 0.683. The van der Waals surface area contributed by atoms with Crippen molar-refractivity contribution in [2.45, 2.75) is 56.4 Å². The lowest BCUT2D eigenvalue weighted by Crippen LogP contribution is -2.30. The molecule has 2 unspecified atom stereocenters. The van der Waals surface area contributed by atoms with Crippen LogP contribution in [0.4, 0.5) is 0 Å². The standard InChI is InChI=1S/C17H25NO2S/c19-17(20)11-7-2-1-6-10-15-13-21-16(18-15)12-14-8-4-3-5-9-14/h3-5,8-9,15-16,18H,1-2,6-7,10-13H2,(H,19,20). The number of nitrogens with one attached hydrogen (secondary N) is 1. The van der Waals surface area contributed by atoms with Crippen molar-refractivity contribution in [3.63, 3.8) is 0 Å². The van der Waals surface area contributed by atoms with Crippen molar-refractivity contribution in [2.75, 3.05) is 5.75 Å². The first kappa shape index (κ1) is 16.4. The van der Waals surface area contributed by atoms with E-state index in [1.54, 1.807) is 0 Å².